The lowest BCUT2D eigenvalue weighted by Crippen LogP contribution is -2.65. The monoisotopic (exact) mass is 368 g/mol. The van der Waals surface area contributed by atoms with Crippen molar-refractivity contribution in [3.8, 4) is 23.0 Å². The Balaban J connectivity index is 1.58. The number of amides is 2. The lowest BCUT2D eigenvalue weighted by Gasteiger charge is -2.50. The second-order valence-corrected chi connectivity index (χ2v) is 7.03. The molecular formula is C20H20N2O5. The number of rotatable bonds is 2. The molecule has 2 atom stereocenters. The second-order valence-electron chi connectivity index (χ2n) is 7.03. The highest BCUT2D eigenvalue weighted by Crippen LogP contribution is 2.49. The van der Waals surface area contributed by atoms with E-state index in [1.165, 1.54) is 0 Å². The summed E-state index contributed by atoms with van der Waals surface area (Å²) in [7, 11) is 1.61. The first-order chi connectivity index (χ1) is 13.1. The van der Waals surface area contributed by atoms with E-state index < -0.39 is 5.72 Å². The van der Waals surface area contributed by atoms with E-state index in [-0.39, 0.29) is 12.1 Å². The SMILES string of the molecule is COc1cccc2c1O[C@]1(C)C[C@@H]2NC(=O)N1c1ccc2c(c1)OCCO2. The third-order valence-electron chi connectivity index (χ3n) is 5.27. The highest BCUT2D eigenvalue weighted by atomic mass is 16.6. The molecule has 27 heavy (non-hydrogen) atoms. The molecule has 7 heteroatoms. The first kappa shape index (κ1) is 16.1. The van der Waals surface area contributed by atoms with Gasteiger partial charge in [0.2, 0.25) is 0 Å². The molecule has 5 rings (SSSR count). The summed E-state index contributed by atoms with van der Waals surface area (Å²) in [4.78, 5) is 14.6. The summed E-state index contributed by atoms with van der Waals surface area (Å²) >= 11 is 0. The predicted octanol–water partition coefficient (Wildman–Crippen LogP) is 3.24. The Kier molecular flexibility index (Phi) is 3.40. The summed E-state index contributed by atoms with van der Waals surface area (Å²) in [5, 5.41) is 3.09. The van der Waals surface area contributed by atoms with Crippen LogP contribution in [0.3, 0.4) is 0 Å². The van der Waals surface area contributed by atoms with Crippen molar-refractivity contribution in [3.63, 3.8) is 0 Å². The number of para-hydroxylation sites is 1. The van der Waals surface area contributed by atoms with Gasteiger partial charge in [0.1, 0.15) is 13.2 Å². The number of hydrogen-bond donors (Lipinski definition) is 1. The lowest BCUT2D eigenvalue weighted by molar-refractivity contribution is 0.0349. The molecule has 1 saturated heterocycles. The first-order valence-corrected chi connectivity index (χ1v) is 8.95. The van der Waals surface area contributed by atoms with Crippen molar-refractivity contribution < 1.29 is 23.7 Å². The van der Waals surface area contributed by atoms with E-state index >= 15 is 0 Å². The minimum atomic E-state index is -0.849. The van der Waals surface area contributed by atoms with Gasteiger partial charge in [0.15, 0.2) is 28.7 Å². The number of anilines is 1. The number of nitrogens with zero attached hydrogens (tertiary/aromatic N) is 1. The number of carbonyl (C=O) groups is 1. The van der Waals surface area contributed by atoms with E-state index in [1.807, 2.05) is 43.3 Å². The number of ether oxygens (including phenoxy) is 4. The van der Waals surface area contributed by atoms with Crippen LogP contribution in [0, 0.1) is 0 Å². The molecule has 0 unspecified atom stereocenters. The number of carbonyl (C=O) groups excluding carboxylic acids is 1. The van der Waals surface area contributed by atoms with E-state index in [4.69, 9.17) is 18.9 Å². The fraction of sp³-hybridized carbons (Fsp3) is 0.350. The number of hydrogen-bond acceptors (Lipinski definition) is 5. The maximum atomic E-state index is 13.0. The summed E-state index contributed by atoms with van der Waals surface area (Å²) in [6.45, 7) is 2.93. The Morgan fingerprint density at radius 1 is 1.19 bits per heavy atom. The van der Waals surface area contributed by atoms with Crippen molar-refractivity contribution in [1.82, 2.24) is 5.32 Å². The van der Waals surface area contributed by atoms with Gasteiger partial charge in [-0.25, -0.2) is 4.79 Å². The van der Waals surface area contributed by atoms with Gasteiger partial charge >= 0.3 is 6.03 Å². The van der Waals surface area contributed by atoms with E-state index in [9.17, 15) is 4.79 Å². The highest BCUT2D eigenvalue weighted by Gasteiger charge is 2.50. The van der Waals surface area contributed by atoms with Gasteiger partial charge in [-0.2, -0.15) is 0 Å². The molecule has 2 bridgehead atoms. The van der Waals surface area contributed by atoms with Gasteiger partial charge < -0.3 is 24.3 Å². The van der Waals surface area contributed by atoms with Crippen LogP contribution in [0.4, 0.5) is 10.5 Å². The van der Waals surface area contributed by atoms with Crippen molar-refractivity contribution in [3.05, 3.63) is 42.0 Å². The lowest BCUT2D eigenvalue weighted by atomic mass is 9.90. The van der Waals surface area contributed by atoms with Crippen molar-refractivity contribution in [2.75, 3.05) is 25.2 Å². The van der Waals surface area contributed by atoms with Gasteiger partial charge in [0.25, 0.3) is 0 Å². The summed E-state index contributed by atoms with van der Waals surface area (Å²) in [6, 6.07) is 10.9. The summed E-state index contributed by atoms with van der Waals surface area (Å²) in [6.07, 6.45) is 0.618. The predicted molar refractivity (Wildman–Crippen MR) is 97.8 cm³/mol. The van der Waals surface area contributed by atoms with Gasteiger partial charge in [0.05, 0.1) is 18.8 Å². The largest absolute Gasteiger partial charge is 0.493 e. The fourth-order valence-corrected chi connectivity index (χ4v) is 4.08. The number of benzene rings is 2. The van der Waals surface area contributed by atoms with E-state index in [0.29, 0.717) is 48.3 Å². The van der Waals surface area contributed by atoms with Crippen molar-refractivity contribution >= 4 is 11.7 Å². The normalized spacial score (nSPS) is 25.2. The summed E-state index contributed by atoms with van der Waals surface area (Å²) in [5.74, 6) is 2.64. The zero-order valence-corrected chi connectivity index (χ0v) is 15.2. The third-order valence-corrected chi connectivity index (χ3v) is 5.27. The number of urea groups is 1. The molecule has 2 aromatic carbocycles. The van der Waals surface area contributed by atoms with Gasteiger partial charge in [-0.05, 0) is 25.1 Å². The molecule has 3 heterocycles. The van der Waals surface area contributed by atoms with Crippen LogP contribution >= 0.6 is 0 Å². The quantitative estimate of drug-likeness (QED) is 0.881. The van der Waals surface area contributed by atoms with Gasteiger partial charge in [0, 0.05) is 18.1 Å². The molecule has 3 aliphatic rings. The van der Waals surface area contributed by atoms with Crippen LogP contribution in [0.25, 0.3) is 0 Å². The molecule has 2 amide bonds. The van der Waals surface area contributed by atoms with Crippen LogP contribution < -0.4 is 29.2 Å². The van der Waals surface area contributed by atoms with Crippen molar-refractivity contribution in [1.29, 1.82) is 0 Å². The average Bonchev–Trinajstić information content (AvgIpc) is 2.67. The molecule has 0 saturated carbocycles. The average molecular weight is 368 g/mol. The zero-order chi connectivity index (χ0) is 18.6. The molecule has 140 valence electrons. The molecular weight excluding hydrogens is 348 g/mol. The Labute approximate surface area is 156 Å². The minimum Gasteiger partial charge on any atom is -0.493 e. The Bertz CT molecular complexity index is 931. The topological polar surface area (TPSA) is 69.3 Å². The molecule has 0 radical (unpaired) electrons. The number of nitrogens with one attached hydrogen (secondary N) is 1. The maximum absolute atomic E-state index is 13.0. The molecule has 7 nitrogen and oxygen atoms in total. The molecule has 1 N–H and O–H groups in total. The Hall–Kier alpha value is -3.09. The van der Waals surface area contributed by atoms with Crippen LogP contribution in [0.5, 0.6) is 23.0 Å². The molecule has 0 spiro atoms. The number of fused-ring (bicyclic) bond motifs is 5. The summed E-state index contributed by atoms with van der Waals surface area (Å²) < 4.78 is 23.1. The van der Waals surface area contributed by atoms with Gasteiger partial charge in [-0.15, -0.1) is 0 Å². The van der Waals surface area contributed by atoms with E-state index in [0.717, 1.165) is 5.56 Å². The molecule has 0 aromatic heterocycles. The van der Waals surface area contributed by atoms with Gasteiger partial charge in [-0.1, -0.05) is 12.1 Å². The number of methoxy groups -OCH3 is 1. The summed E-state index contributed by atoms with van der Waals surface area (Å²) in [5.41, 5.74) is 0.774. The van der Waals surface area contributed by atoms with Crippen LogP contribution in [0.15, 0.2) is 36.4 Å². The minimum absolute atomic E-state index is 0.130. The third kappa shape index (κ3) is 2.38. The first-order valence-electron chi connectivity index (χ1n) is 8.95. The second kappa shape index (κ2) is 5.70. The molecule has 2 aromatic rings. The smallest absolute Gasteiger partial charge is 0.325 e. The molecule has 1 fully saturated rings. The van der Waals surface area contributed by atoms with Gasteiger partial charge in [-0.3, -0.25) is 4.90 Å². The van der Waals surface area contributed by atoms with E-state index in [2.05, 4.69) is 5.32 Å². The Morgan fingerprint density at radius 2 is 2.00 bits per heavy atom. The standard InChI is InChI=1S/C20H20N2O5/c1-20-11-14(13-4-3-5-16(24-2)18(13)27-20)21-19(23)22(20)12-6-7-15-17(10-12)26-9-8-25-15/h3-7,10,14H,8-9,11H2,1-2H3,(H,21,23)/t14-,20+/m0/s1. The van der Waals surface area contributed by atoms with Crippen LogP contribution in [-0.4, -0.2) is 32.1 Å². The van der Waals surface area contributed by atoms with Crippen molar-refractivity contribution in [2.45, 2.75) is 25.1 Å². The molecule has 0 aliphatic carbocycles. The van der Waals surface area contributed by atoms with Crippen LogP contribution in [0.1, 0.15) is 24.9 Å². The van der Waals surface area contributed by atoms with Crippen LogP contribution in [-0.2, 0) is 0 Å². The fourth-order valence-electron chi connectivity index (χ4n) is 4.08. The van der Waals surface area contributed by atoms with Crippen LogP contribution in [0.2, 0.25) is 0 Å². The highest BCUT2D eigenvalue weighted by molar-refractivity contribution is 5.95. The van der Waals surface area contributed by atoms with Crippen molar-refractivity contribution in [2.24, 2.45) is 0 Å². The maximum Gasteiger partial charge on any atom is 0.325 e. The Morgan fingerprint density at radius 3 is 2.81 bits per heavy atom. The van der Waals surface area contributed by atoms with E-state index in [1.54, 1.807) is 12.0 Å². The molecule has 3 aliphatic heterocycles. The zero-order valence-electron chi connectivity index (χ0n) is 15.2.